The standard InChI is InChI=1S/C29H35N5O2/c1-4-5-16-34(29(36)25-9-7-6-8-23(25)3)21-28(35)33-19-17-32(18-20-33)27-15-14-26(30-31-27)24-12-10-22(2)11-13-24/h6-15H,4-5,16-21H2,1-3H3. The van der Waals surface area contributed by atoms with Crippen LogP contribution in [0.1, 0.15) is 41.3 Å². The second-order valence-corrected chi connectivity index (χ2v) is 9.41. The van der Waals surface area contributed by atoms with Gasteiger partial charge in [0, 0.05) is 43.9 Å². The fourth-order valence-corrected chi connectivity index (χ4v) is 4.40. The SMILES string of the molecule is CCCCN(CC(=O)N1CCN(c2ccc(-c3ccc(C)cc3)nn2)CC1)C(=O)c1ccccc1C. The first-order chi connectivity index (χ1) is 17.5. The monoisotopic (exact) mass is 485 g/mol. The van der Waals surface area contributed by atoms with E-state index in [1.54, 1.807) is 4.90 Å². The highest BCUT2D eigenvalue weighted by atomic mass is 16.2. The molecule has 0 aliphatic carbocycles. The van der Waals surface area contributed by atoms with Gasteiger partial charge in [0.1, 0.15) is 6.54 Å². The number of rotatable bonds is 8. The lowest BCUT2D eigenvalue weighted by Gasteiger charge is -2.36. The fraction of sp³-hybridized carbons (Fsp3) is 0.379. The van der Waals surface area contributed by atoms with Crippen molar-refractivity contribution in [2.75, 3.05) is 44.2 Å². The van der Waals surface area contributed by atoms with E-state index in [1.807, 2.05) is 48.2 Å². The van der Waals surface area contributed by atoms with Crippen molar-refractivity contribution in [3.05, 3.63) is 77.4 Å². The van der Waals surface area contributed by atoms with Crippen molar-refractivity contribution in [1.82, 2.24) is 20.0 Å². The second-order valence-electron chi connectivity index (χ2n) is 9.41. The van der Waals surface area contributed by atoms with Crippen LogP contribution in [0.2, 0.25) is 0 Å². The highest BCUT2D eigenvalue weighted by molar-refractivity contribution is 5.97. The van der Waals surface area contributed by atoms with Crippen molar-refractivity contribution < 1.29 is 9.59 Å². The lowest BCUT2D eigenvalue weighted by atomic mass is 10.1. The summed E-state index contributed by atoms with van der Waals surface area (Å²) in [6.45, 7) is 9.34. The van der Waals surface area contributed by atoms with Crippen LogP contribution >= 0.6 is 0 Å². The van der Waals surface area contributed by atoms with Crippen LogP contribution in [-0.2, 0) is 4.79 Å². The summed E-state index contributed by atoms with van der Waals surface area (Å²) in [4.78, 5) is 32.1. The summed E-state index contributed by atoms with van der Waals surface area (Å²) >= 11 is 0. The molecule has 1 saturated heterocycles. The molecule has 1 fully saturated rings. The normalized spacial score (nSPS) is 13.5. The number of nitrogens with zero attached hydrogens (tertiary/aromatic N) is 5. The first kappa shape index (κ1) is 25.4. The topological polar surface area (TPSA) is 69.6 Å². The minimum atomic E-state index is -0.0718. The van der Waals surface area contributed by atoms with Crippen LogP contribution in [0, 0.1) is 13.8 Å². The molecule has 2 amide bonds. The molecule has 0 saturated carbocycles. The molecule has 1 aliphatic rings. The van der Waals surface area contributed by atoms with E-state index in [0.717, 1.165) is 35.5 Å². The molecule has 0 radical (unpaired) electrons. The Morgan fingerprint density at radius 2 is 1.61 bits per heavy atom. The van der Waals surface area contributed by atoms with Crippen molar-refractivity contribution in [3.8, 4) is 11.3 Å². The summed E-state index contributed by atoms with van der Waals surface area (Å²) < 4.78 is 0. The van der Waals surface area contributed by atoms with Crippen LogP contribution in [0.5, 0.6) is 0 Å². The zero-order chi connectivity index (χ0) is 25.5. The van der Waals surface area contributed by atoms with E-state index in [9.17, 15) is 9.59 Å². The Morgan fingerprint density at radius 3 is 2.25 bits per heavy atom. The molecular formula is C29H35N5O2. The number of amides is 2. The zero-order valence-electron chi connectivity index (χ0n) is 21.5. The summed E-state index contributed by atoms with van der Waals surface area (Å²) in [7, 11) is 0. The first-order valence-corrected chi connectivity index (χ1v) is 12.7. The smallest absolute Gasteiger partial charge is 0.254 e. The first-order valence-electron chi connectivity index (χ1n) is 12.7. The van der Waals surface area contributed by atoms with Gasteiger partial charge >= 0.3 is 0 Å². The van der Waals surface area contributed by atoms with Crippen molar-refractivity contribution >= 4 is 17.6 Å². The molecule has 0 unspecified atom stereocenters. The lowest BCUT2D eigenvalue weighted by molar-refractivity contribution is -0.132. The van der Waals surface area contributed by atoms with Gasteiger partial charge < -0.3 is 14.7 Å². The third-order valence-electron chi connectivity index (χ3n) is 6.72. The Kier molecular flexibility index (Phi) is 8.31. The van der Waals surface area contributed by atoms with E-state index < -0.39 is 0 Å². The number of hydrogen-bond acceptors (Lipinski definition) is 5. The third kappa shape index (κ3) is 6.08. The predicted octanol–water partition coefficient (Wildman–Crippen LogP) is 4.35. The number of carbonyl (C=O) groups is 2. The van der Waals surface area contributed by atoms with Gasteiger partial charge in [-0.15, -0.1) is 10.2 Å². The van der Waals surface area contributed by atoms with Gasteiger partial charge in [0.2, 0.25) is 5.91 Å². The van der Waals surface area contributed by atoms with E-state index in [2.05, 4.69) is 53.2 Å². The molecule has 0 bridgehead atoms. The number of benzene rings is 2. The maximum Gasteiger partial charge on any atom is 0.254 e. The highest BCUT2D eigenvalue weighted by Gasteiger charge is 2.26. The zero-order valence-corrected chi connectivity index (χ0v) is 21.5. The molecule has 1 aromatic heterocycles. The maximum absolute atomic E-state index is 13.2. The molecule has 7 heteroatoms. The average Bonchev–Trinajstić information content (AvgIpc) is 2.91. The van der Waals surface area contributed by atoms with Gasteiger partial charge in [-0.3, -0.25) is 9.59 Å². The number of hydrogen-bond donors (Lipinski definition) is 0. The molecule has 3 aromatic rings. The molecule has 2 heterocycles. The number of piperazine rings is 1. The van der Waals surface area contributed by atoms with Gasteiger partial charge in [0.15, 0.2) is 5.82 Å². The fourth-order valence-electron chi connectivity index (χ4n) is 4.40. The van der Waals surface area contributed by atoms with Crippen molar-refractivity contribution in [1.29, 1.82) is 0 Å². The van der Waals surface area contributed by atoms with Gasteiger partial charge in [0.25, 0.3) is 5.91 Å². The summed E-state index contributed by atoms with van der Waals surface area (Å²) in [5.74, 6) is 0.739. The number of unbranched alkanes of at least 4 members (excludes halogenated alkanes) is 1. The van der Waals surface area contributed by atoms with Crippen molar-refractivity contribution in [2.24, 2.45) is 0 Å². The Bertz CT molecular complexity index is 1170. The van der Waals surface area contributed by atoms with Gasteiger partial charge in [-0.25, -0.2) is 0 Å². The largest absolute Gasteiger partial charge is 0.352 e. The third-order valence-corrected chi connectivity index (χ3v) is 6.72. The van der Waals surface area contributed by atoms with Crippen LogP contribution in [0.25, 0.3) is 11.3 Å². The summed E-state index contributed by atoms with van der Waals surface area (Å²) in [5.41, 5.74) is 4.70. The minimum Gasteiger partial charge on any atom is -0.352 e. The molecule has 0 spiro atoms. The number of aryl methyl sites for hydroxylation is 2. The Morgan fingerprint density at radius 1 is 0.889 bits per heavy atom. The number of aromatic nitrogens is 2. The number of anilines is 1. The second kappa shape index (κ2) is 11.8. The molecule has 0 atom stereocenters. The van der Waals surface area contributed by atoms with E-state index in [-0.39, 0.29) is 18.4 Å². The predicted molar refractivity (Wildman–Crippen MR) is 143 cm³/mol. The van der Waals surface area contributed by atoms with Gasteiger partial charge in [-0.05, 0) is 44.0 Å². The highest BCUT2D eigenvalue weighted by Crippen LogP contribution is 2.20. The molecule has 36 heavy (non-hydrogen) atoms. The Hall–Kier alpha value is -3.74. The van der Waals surface area contributed by atoms with E-state index >= 15 is 0 Å². The van der Waals surface area contributed by atoms with Crippen LogP contribution in [0.15, 0.2) is 60.7 Å². The van der Waals surface area contributed by atoms with Gasteiger partial charge in [-0.1, -0.05) is 61.4 Å². The van der Waals surface area contributed by atoms with Gasteiger partial charge in [-0.2, -0.15) is 0 Å². The molecule has 2 aromatic carbocycles. The average molecular weight is 486 g/mol. The van der Waals surface area contributed by atoms with E-state index in [0.29, 0.717) is 38.3 Å². The molecule has 0 N–H and O–H groups in total. The Balaban J connectivity index is 1.35. The van der Waals surface area contributed by atoms with Crippen LogP contribution < -0.4 is 4.90 Å². The van der Waals surface area contributed by atoms with Crippen LogP contribution in [0.3, 0.4) is 0 Å². The van der Waals surface area contributed by atoms with Crippen LogP contribution in [-0.4, -0.2) is 71.1 Å². The van der Waals surface area contributed by atoms with Crippen molar-refractivity contribution in [3.63, 3.8) is 0 Å². The van der Waals surface area contributed by atoms with Gasteiger partial charge in [0.05, 0.1) is 5.69 Å². The summed E-state index contributed by atoms with van der Waals surface area (Å²) in [5, 5.41) is 8.85. The van der Waals surface area contributed by atoms with E-state index in [1.165, 1.54) is 5.56 Å². The maximum atomic E-state index is 13.2. The minimum absolute atomic E-state index is 0.00603. The lowest BCUT2D eigenvalue weighted by Crippen LogP contribution is -2.52. The van der Waals surface area contributed by atoms with E-state index in [4.69, 9.17) is 0 Å². The molecule has 4 rings (SSSR count). The summed E-state index contributed by atoms with van der Waals surface area (Å²) in [6.07, 6.45) is 1.84. The quantitative estimate of drug-likeness (QED) is 0.474. The molecule has 188 valence electrons. The van der Waals surface area contributed by atoms with Crippen molar-refractivity contribution in [2.45, 2.75) is 33.6 Å². The summed E-state index contributed by atoms with van der Waals surface area (Å²) in [6, 6.07) is 19.8. The molecule has 7 nitrogen and oxygen atoms in total. The number of carbonyl (C=O) groups excluding carboxylic acids is 2. The van der Waals surface area contributed by atoms with Crippen LogP contribution in [0.4, 0.5) is 5.82 Å². The molecule has 1 aliphatic heterocycles. The molecular weight excluding hydrogens is 450 g/mol. The Labute approximate surface area is 213 Å².